The van der Waals surface area contributed by atoms with E-state index in [1.165, 1.54) is 0 Å². The first-order valence-corrected chi connectivity index (χ1v) is 9.15. The van der Waals surface area contributed by atoms with Crippen LogP contribution in [0.25, 0.3) is 11.0 Å². The molecule has 3 aromatic rings. The van der Waals surface area contributed by atoms with Crippen molar-refractivity contribution in [2.24, 2.45) is 5.92 Å². The molecule has 4 N–H and O–H groups in total. The molecule has 0 spiro atoms. The molecule has 0 radical (unpaired) electrons. The molecular weight excluding hydrogens is 340 g/mol. The molecule has 4 rings (SSSR count). The van der Waals surface area contributed by atoms with Crippen LogP contribution in [0, 0.1) is 11.3 Å². The van der Waals surface area contributed by atoms with E-state index < -0.39 is 0 Å². The number of hydrogen-bond acceptors (Lipinski definition) is 5. The van der Waals surface area contributed by atoms with Gasteiger partial charge >= 0.3 is 0 Å². The van der Waals surface area contributed by atoms with Gasteiger partial charge < -0.3 is 20.9 Å². The monoisotopic (exact) mass is 362 g/mol. The summed E-state index contributed by atoms with van der Waals surface area (Å²) in [6.07, 6.45) is 1.96. The van der Waals surface area contributed by atoms with E-state index in [1.807, 2.05) is 36.4 Å². The topological polar surface area (TPSA) is 105 Å². The minimum atomic E-state index is -0.0722. The van der Waals surface area contributed by atoms with Gasteiger partial charge in [-0.3, -0.25) is 4.79 Å². The first kappa shape index (κ1) is 17.4. The highest BCUT2D eigenvalue weighted by Gasteiger charge is 2.22. The second-order valence-corrected chi connectivity index (χ2v) is 6.93. The molecule has 0 amide bonds. The van der Waals surface area contributed by atoms with Crippen molar-refractivity contribution in [2.45, 2.75) is 19.3 Å². The maximum Gasteiger partial charge on any atom is 0.202 e. The Bertz CT molecular complexity index is 988. The van der Waals surface area contributed by atoms with Crippen molar-refractivity contribution in [3.05, 3.63) is 59.4 Å². The predicted octanol–water partition coefficient (Wildman–Crippen LogP) is 3.36. The lowest BCUT2D eigenvalue weighted by Crippen LogP contribution is -2.24. The number of carbonyl (C=O) groups excluding carboxylic acids is 1. The molecule has 1 aromatic heterocycles. The Kier molecular flexibility index (Phi) is 4.73. The Morgan fingerprint density at radius 1 is 1.22 bits per heavy atom. The zero-order valence-electron chi connectivity index (χ0n) is 15.0. The lowest BCUT2D eigenvalue weighted by atomic mass is 9.89. The number of ether oxygens (including phenoxy) is 1. The van der Waals surface area contributed by atoms with Gasteiger partial charge in [-0.05, 0) is 30.5 Å². The number of rotatable bonds is 5. The number of H-pyrrole nitrogens is 1. The molecule has 0 unspecified atom stereocenters. The van der Waals surface area contributed by atoms with Crippen molar-refractivity contribution < 1.29 is 9.53 Å². The van der Waals surface area contributed by atoms with Crippen LogP contribution in [0.4, 0.5) is 5.69 Å². The largest absolute Gasteiger partial charge is 0.398 e. The number of imidazole rings is 1. The zero-order chi connectivity index (χ0) is 18.8. The van der Waals surface area contributed by atoms with Gasteiger partial charge in [0.1, 0.15) is 0 Å². The molecule has 1 aliphatic rings. The SMILES string of the molecule is N=C(c1cc2[nH]c(C(=O)Cc3ccccc3)nc2cc1N)C1CCOCC1. The van der Waals surface area contributed by atoms with Gasteiger partial charge in [-0.1, -0.05) is 30.3 Å². The number of benzene rings is 2. The van der Waals surface area contributed by atoms with Crippen LogP contribution in [0.15, 0.2) is 42.5 Å². The van der Waals surface area contributed by atoms with Gasteiger partial charge in [-0.25, -0.2) is 4.98 Å². The average molecular weight is 362 g/mol. The summed E-state index contributed by atoms with van der Waals surface area (Å²) in [5.74, 6) is 0.403. The smallest absolute Gasteiger partial charge is 0.202 e. The van der Waals surface area contributed by atoms with Crippen LogP contribution in [0.2, 0.25) is 0 Å². The quantitative estimate of drug-likeness (QED) is 0.368. The van der Waals surface area contributed by atoms with E-state index >= 15 is 0 Å². The second-order valence-electron chi connectivity index (χ2n) is 6.93. The van der Waals surface area contributed by atoms with Gasteiger partial charge in [0.25, 0.3) is 0 Å². The van der Waals surface area contributed by atoms with Gasteiger partial charge in [-0.15, -0.1) is 0 Å². The first-order chi connectivity index (χ1) is 13.1. The highest BCUT2D eigenvalue weighted by atomic mass is 16.5. The van der Waals surface area contributed by atoms with Crippen LogP contribution in [0.3, 0.4) is 0 Å². The molecule has 0 atom stereocenters. The summed E-state index contributed by atoms with van der Waals surface area (Å²) in [5.41, 5.74) is 10.3. The molecule has 0 bridgehead atoms. The molecule has 1 aliphatic heterocycles. The summed E-state index contributed by atoms with van der Waals surface area (Å²) >= 11 is 0. The maximum atomic E-state index is 12.6. The third-order valence-corrected chi connectivity index (χ3v) is 5.04. The van der Waals surface area contributed by atoms with Crippen molar-refractivity contribution >= 4 is 28.2 Å². The lowest BCUT2D eigenvalue weighted by molar-refractivity contribution is 0.0828. The number of hydrogen-bond donors (Lipinski definition) is 3. The Morgan fingerprint density at radius 2 is 1.96 bits per heavy atom. The number of fused-ring (bicyclic) bond motifs is 1. The van der Waals surface area contributed by atoms with E-state index in [1.54, 1.807) is 6.07 Å². The number of nitrogens with two attached hydrogens (primary N) is 1. The lowest BCUT2D eigenvalue weighted by Gasteiger charge is -2.23. The van der Waals surface area contributed by atoms with Crippen molar-refractivity contribution in [1.29, 1.82) is 5.41 Å². The van der Waals surface area contributed by atoms with Gasteiger partial charge in [0.15, 0.2) is 5.82 Å². The fraction of sp³-hybridized carbons (Fsp3) is 0.286. The molecule has 2 aromatic carbocycles. The number of aromatic amines is 1. The predicted molar refractivity (Wildman–Crippen MR) is 105 cm³/mol. The molecule has 0 saturated carbocycles. The highest BCUT2D eigenvalue weighted by molar-refractivity contribution is 6.07. The summed E-state index contributed by atoms with van der Waals surface area (Å²) in [6.45, 7) is 1.36. The summed E-state index contributed by atoms with van der Waals surface area (Å²) in [6, 6.07) is 13.2. The number of aromatic nitrogens is 2. The van der Waals surface area contributed by atoms with Crippen LogP contribution >= 0.6 is 0 Å². The summed E-state index contributed by atoms with van der Waals surface area (Å²) in [7, 11) is 0. The van der Waals surface area contributed by atoms with Crippen molar-refractivity contribution in [3.63, 3.8) is 0 Å². The van der Waals surface area contributed by atoms with Crippen LogP contribution in [0.1, 0.15) is 34.6 Å². The number of ketones is 1. The molecule has 0 aliphatic carbocycles. The number of nitrogens with zero attached hydrogens (tertiary/aromatic N) is 1. The normalized spacial score (nSPS) is 15.1. The fourth-order valence-electron chi connectivity index (χ4n) is 3.51. The Balaban J connectivity index is 1.61. The molecule has 1 fully saturated rings. The maximum absolute atomic E-state index is 12.6. The molecule has 2 heterocycles. The van der Waals surface area contributed by atoms with E-state index in [-0.39, 0.29) is 11.7 Å². The van der Waals surface area contributed by atoms with E-state index in [2.05, 4.69) is 9.97 Å². The molecule has 6 heteroatoms. The average Bonchev–Trinajstić information content (AvgIpc) is 3.11. The molecular formula is C21H22N4O2. The van der Waals surface area contributed by atoms with Crippen LogP contribution in [-0.2, 0) is 11.2 Å². The van der Waals surface area contributed by atoms with Gasteiger partial charge in [-0.2, -0.15) is 0 Å². The molecule has 138 valence electrons. The number of Topliss-reactive ketones (excluding diaryl/α,β-unsaturated/α-hetero) is 1. The van der Waals surface area contributed by atoms with Crippen molar-refractivity contribution in [2.75, 3.05) is 18.9 Å². The van der Waals surface area contributed by atoms with E-state index in [0.717, 1.165) is 23.9 Å². The zero-order valence-corrected chi connectivity index (χ0v) is 15.0. The van der Waals surface area contributed by atoms with E-state index in [0.29, 0.717) is 47.9 Å². The van der Waals surface area contributed by atoms with Crippen LogP contribution < -0.4 is 5.73 Å². The Labute approximate surface area is 157 Å². The molecule has 6 nitrogen and oxygen atoms in total. The standard InChI is InChI=1S/C21H22N4O2/c22-16-12-18-17(11-15(16)20(23)14-6-8-27-9-7-14)24-21(25-18)19(26)10-13-4-2-1-3-5-13/h1-5,11-12,14,23H,6-10,22H2,(H,24,25). The van der Waals surface area contributed by atoms with Crippen molar-refractivity contribution in [1.82, 2.24) is 9.97 Å². The van der Waals surface area contributed by atoms with Crippen LogP contribution in [-0.4, -0.2) is 34.7 Å². The number of carbonyl (C=O) groups is 1. The van der Waals surface area contributed by atoms with Gasteiger partial charge in [0.05, 0.1) is 11.0 Å². The minimum absolute atomic E-state index is 0.0722. The first-order valence-electron chi connectivity index (χ1n) is 9.15. The highest BCUT2D eigenvalue weighted by Crippen LogP contribution is 2.27. The second kappa shape index (κ2) is 7.32. The number of nitrogen functional groups attached to an aromatic ring is 1. The summed E-state index contributed by atoms with van der Waals surface area (Å²) < 4.78 is 5.38. The summed E-state index contributed by atoms with van der Waals surface area (Å²) in [4.78, 5) is 20.1. The van der Waals surface area contributed by atoms with Crippen molar-refractivity contribution in [3.8, 4) is 0 Å². The number of nitrogens with one attached hydrogen (secondary N) is 2. The minimum Gasteiger partial charge on any atom is -0.398 e. The van der Waals surface area contributed by atoms with E-state index in [4.69, 9.17) is 15.9 Å². The third-order valence-electron chi connectivity index (χ3n) is 5.04. The summed E-state index contributed by atoms with van der Waals surface area (Å²) in [5, 5.41) is 8.54. The molecule has 1 saturated heterocycles. The fourth-order valence-corrected chi connectivity index (χ4v) is 3.51. The number of anilines is 1. The third kappa shape index (κ3) is 3.61. The molecule has 27 heavy (non-hydrogen) atoms. The van der Waals surface area contributed by atoms with Gasteiger partial charge in [0, 0.05) is 42.5 Å². The van der Waals surface area contributed by atoms with E-state index in [9.17, 15) is 4.79 Å². The Hall–Kier alpha value is -2.99. The Morgan fingerprint density at radius 3 is 2.70 bits per heavy atom. The van der Waals surface area contributed by atoms with Gasteiger partial charge in [0.2, 0.25) is 5.78 Å². The van der Waals surface area contributed by atoms with Crippen LogP contribution in [0.5, 0.6) is 0 Å².